The summed E-state index contributed by atoms with van der Waals surface area (Å²) in [6.45, 7) is 3.85. The molecule has 1 aromatic rings. The largest absolute Gasteiger partial charge is 0.497 e. The van der Waals surface area contributed by atoms with Gasteiger partial charge in [0.05, 0.1) is 19.9 Å². The molecule has 0 saturated heterocycles. The van der Waals surface area contributed by atoms with Crippen molar-refractivity contribution in [3.05, 3.63) is 18.2 Å². The summed E-state index contributed by atoms with van der Waals surface area (Å²) in [7, 11) is 2.97. The second-order valence-corrected chi connectivity index (χ2v) is 4.35. The Morgan fingerprint density at radius 2 is 1.77 bits per heavy atom. The average molecular weight is 307 g/mol. The maximum absolute atomic E-state index is 11.9. The molecule has 120 valence electrons. The van der Waals surface area contributed by atoms with Crippen LogP contribution in [0.2, 0.25) is 0 Å². The van der Waals surface area contributed by atoms with E-state index in [0.717, 1.165) is 5.71 Å². The Bertz CT molecular complexity index is 564. The number of hydrogen-bond acceptors (Lipinski definition) is 5. The first-order valence-electron chi connectivity index (χ1n) is 6.94. The molecule has 2 amide bonds. The Labute approximate surface area is 129 Å². The monoisotopic (exact) mass is 307 g/mol. The Morgan fingerprint density at radius 3 is 2.32 bits per heavy atom. The van der Waals surface area contributed by atoms with Gasteiger partial charge in [-0.25, -0.2) is 5.43 Å². The van der Waals surface area contributed by atoms with Crippen LogP contribution in [0.4, 0.5) is 5.69 Å². The molecule has 0 unspecified atom stereocenters. The van der Waals surface area contributed by atoms with Gasteiger partial charge in [0.2, 0.25) is 0 Å². The molecule has 0 aromatic heterocycles. The fraction of sp³-hybridized carbons (Fsp3) is 0.400. The van der Waals surface area contributed by atoms with Crippen LogP contribution in [0, 0.1) is 0 Å². The van der Waals surface area contributed by atoms with Gasteiger partial charge >= 0.3 is 11.8 Å². The summed E-state index contributed by atoms with van der Waals surface area (Å²) in [5.41, 5.74) is 3.39. The number of hydrazone groups is 1. The second kappa shape index (κ2) is 8.66. The minimum atomic E-state index is -0.843. The molecule has 0 bridgehead atoms. The first-order valence-corrected chi connectivity index (χ1v) is 6.94. The molecule has 0 aliphatic rings. The lowest BCUT2D eigenvalue weighted by atomic mass is 10.2. The predicted molar refractivity (Wildman–Crippen MR) is 84.3 cm³/mol. The lowest BCUT2D eigenvalue weighted by Crippen LogP contribution is -2.33. The van der Waals surface area contributed by atoms with Crippen LogP contribution in [0.25, 0.3) is 0 Å². The van der Waals surface area contributed by atoms with Crippen molar-refractivity contribution in [1.82, 2.24) is 5.43 Å². The minimum absolute atomic E-state index is 0.345. The lowest BCUT2D eigenvalue weighted by molar-refractivity contribution is -0.136. The molecule has 0 fully saturated rings. The van der Waals surface area contributed by atoms with Crippen molar-refractivity contribution >= 4 is 23.2 Å². The highest BCUT2D eigenvalue weighted by molar-refractivity contribution is 6.39. The smallest absolute Gasteiger partial charge is 0.329 e. The fourth-order valence-electron chi connectivity index (χ4n) is 1.68. The van der Waals surface area contributed by atoms with Gasteiger partial charge in [-0.1, -0.05) is 13.8 Å². The molecule has 0 heterocycles. The van der Waals surface area contributed by atoms with E-state index in [1.807, 2.05) is 13.8 Å². The van der Waals surface area contributed by atoms with Crippen LogP contribution in [-0.2, 0) is 9.59 Å². The van der Waals surface area contributed by atoms with Crippen LogP contribution in [0.3, 0.4) is 0 Å². The number of nitrogens with one attached hydrogen (secondary N) is 2. The predicted octanol–water partition coefficient (Wildman–Crippen LogP) is 1.93. The quantitative estimate of drug-likeness (QED) is 0.477. The summed E-state index contributed by atoms with van der Waals surface area (Å²) in [5.74, 6) is -0.715. The summed E-state index contributed by atoms with van der Waals surface area (Å²) < 4.78 is 10.2. The Kier molecular flexibility index (Phi) is 6.88. The van der Waals surface area contributed by atoms with Crippen molar-refractivity contribution in [2.75, 3.05) is 19.5 Å². The standard InChI is InChI=1S/C15H21N3O4/c1-5-10(6-2)17-18-15(20)14(19)16-12-9-11(21-3)7-8-13(12)22-4/h7-9H,5-6H2,1-4H3,(H,16,19)(H,18,20). The summed E-state index contributed by atoms with van der Waals surface area (Å²) in [6.07, 6.45) is 1.42. The van der Waals surface area contributed by atoms with Gasteiger partial charge in [-0.3, -0.25) is 9.59 Å². The van der Waals surface area contributed by atoms with Crippen molar-refractivity contribution < 1.29 is 19.1 Å². The van der Waals surface area contributed by atoms with Crippen molar-refractivity contribution in [2.45, 2.75) is 26.7 Å². The zero-order valence-corrected chi connectivity index (χ0v) is 13.2. The Morgan fingerprint density at radius 1 is 1.09 bits per heavy atom. The van der Waals surface area contributed by atoms with Crippen molar-refractivity contribution in [1.29, 1.82) is 0 Å². The van der Waals surface area contributed by atoms with E-state index in [2.05, 4.69) is 15.8 Å². The number of anilines is 1. The van der Waals surface area contributed by atoms with Crippen molar-refractivity contribution in [3.63, 3.8) is 0 Å². The zero-order chi connectivity index (χ0) is 16.5. The highest BCUT2D eigenvalue weighted by atomic mass is 16.5. The number of nitrogens with zero attached hydrogens (tertiary/aromatic N) is 1. The molecule has 0 atom stereocenters. The molecule has 0 spiro atoms. The van der Waals surface area contributed by atoms with E-state index in [9.17, 15) is 9.59 Å². The molecule has 0 aliphatic carbocycles. The van der Waals surface area contributed by atoms with E-state index in [1.54, 1.807) is 18.2 Å². The first kappa shape index (κ1) is 17.5. The third-order valence-electron chi connectivity index (χ3n) is 2.99. The molecular formula is C15H21N3O4. The van der Waals surface area contributed by atoms with Crippen molar-refractivity contribution in [2.24, 2.45) is 5.10 Å². The average Bonchev–Trinajstić information content (AvgIpc) is 2.55. The van der Waals surface area contributed by atoms with Gasteiger partial charge in [-0.15, -0.1) is 0 Å². The zero-order valence-electron chi connectivity index (χ0n) is 13.2. The third kappa shape index (κ3) is 4.76. The normalized spacial score (nSPS) is 9.64. The first-order chi connectivity index (χ1) is 10.5. The molecule has 1 rings (SSSR count). The van der Waals surface area contributed by atoms with Crippen LogP contribution in [-0.4, -0.2) is 31.7 Å². The Hall–Kier alpha value is -2.57. The van der Waals surface area contributed by atoms with Crippen LogP contribution >= 0.6 is 0 Å². The number of benzene rings is 1. The van der Waals surface area contributed by atoms with E-state index < -0.39 is 11.8 Å². The highest BCUT2D eigenvalue weighted by Gasteiger charge is 2.16. The van der Waals surface area contributed by atoms with E-state index in [0.29, 0.717) is 30.0 Å². The van der Waals surface area contributed by atoms with E-state index in [-0.39, 0.29) is 0 Å². The molecule has 7 heteroatoms. The minimum Gasteiger partial charge on any atom is -0.497 e. The number of hydrogen-bond donors (Lipinski definition) is 2. The summed E-state index contributed by atoms with van der Waals surface area (Å²) in [6, 6.07) is 4.89. The second-order valence-electron chi connectivity index (χ2n) is 4.35. The Balaban J connectivity index is 2.79. The van der Waals surface area contributed by atoms with Crippen LogP contribution in [0.5, 0.6) is 11.5 Å². The summed E-state index contributed by atoms with van der Waals surface area (Å²) in [4.78, 5) is 23.6. The van der Waals surface area contributed by atoms with Gasteiger partial charge in [0.1, 0.15) is 11.5 Å². The number of methoxy groups -OCH3 is 2. The highest BCUT2D eigenvalue weighted by Crippen LogP contribution is 2.28. The van der Waals surface area contributed by atoms with Crippen LogP contribution in [0.1, 0.15) is 26.7 Å². The lowest BCUT2D eigenvalue weighted by Gasteiger charge is -2.11. The molecule has 22 heavy (non-hydrogen) atoms. The molecule has 1 aromatic carbocycles. The molecule has 7 nitrogen and oxygen atoms in total. The topological polar surface area (TPSA) is 89.0 Å². The SMILES string of the molecule is CCC(CC)=NNC(=O)C(=O)Nc1cc(OC)ccc1OC. The van der Waals surface area contributed by atoms with Gasteiger partial charge in [0.25, 0.3) is 0 Å². The third-order valence-corrected chi connectivity index (χ3v) is 2.99. The van der Waals surface area contributed by atoms with Gasteiger partial charge in [-0.05, 0) is 25.0 Å². The molecule has 2 N–H and O–H groups in total. The van der Waals surface area contributed by atoms with Gasteiger partial charge in [0, 0.05) is 11.8 Å². The number of amides is 2. The summed E-state index contributed by atoms with van der Waals surface area (Å²) >= 11 is 0. The number of ether oxygens (including phenoxy) is 2. The maximum atomic E-state index is 11.9. The van der Waals surface area contributed by atoms with Gasteiger partial charge in [0.15, 0.2) is 0 Å². The molecule has 0 aliphatic heterocycles. The van der Waals surface area contributed by atoms with E-state index in [4.69, 9.17) is 9.47 Å². The van der Waals surface area contributed by atoms with E-state index in [1.165, 1.54) is 14.2 Å². The number of rotatable bonds is 6. The maximum Gasteiger partial charge on any atom is 0.329 e. The summed E-state index contributed by atoms with van der Waals surface area (Å²) in [5, 5.41) is 6.37. The number of carbonyl (C=O) groups excluding carboxylic acids is 2. The van der Waals surface area contributed by atoms with Gasteiger partial charge < -0.3 is 14.8 Å². The number of carbonyl (C=O) groups is 2. The van der Waals surface area contributed by atoms with E-state index >= 15 is 0 Å². The molecular weight excluding hydrogens is 286 g/mol. The molecule has 0 radical (unpaired) electrons. The van der Waals surface area contributed by atoms with Crippen LogP contribution < -0.4 is 20.2 Å². The van der Waals surface area contributed by atoms with Crippen LogP contribution in [0.15, 0.2) is 23.3 Å². The fourth-order valence-corrected chi connectivity index (χ4v) is 1.68. The van der Waals surface area contributed by atoms with Crippen molar-refractivity contribution in [3.8, 4) is 11.5 Å². The molecule has 0 saturated carbocycles. The van der Waals surface area contributed by atoms with Gasteiger partial charge in [-0.2, -0.15) is 5.10 Å².